The van der Waals surface area contributed by atoms with Gasteiger partial charge in [-0.1, -0.05) is 29.8 Å². The highest BCUT2D eigenvalue weighted by Crippen LogP contribution is 2.24. The molecule has 0 bridgehead atoms. The second-order valence-corrected chi connectivity index (χ2v) is 2.78. The van der Waals surface area contributed by atoms with Crippen molar-refractivity contribution in [3.8, 4) is 0 Å². The molecule has 1 rings (SSSR count). The minimum atomic E-state index is -0.452. The van der Waals surface area contributed by atoms with E-state index < -0.39 is 11.9 Å². The first-order valence-electron chi connectivity index (χ1n) is 3.49. The quantitative estimate of drug-likeness (QED) is 0.705. The second kappa shape index (κ2) is 3.70. The Kier molecular flexibility index (Phi) is 2.84. The second-order valence-electron chi connectivity index (χ2n) is 2.40. The predicted molar refractivity (Wildman–Crippen MR) is 48.5 cm³/mol. The van der Waals surface area contributed by atoms with Crippen LogP contribution in [0.3, 0.4) is 0 Å². The maximum absolute atomic E-state index is 12.9. The summed E-state index contributed by atoms with van der Waals surface area (Å²) in [6.07, 6.45) is 1.51. The van der Waals surface area contributed by atoms with Gasteiger partial charge in [0.15, 0.2) is 0 Å². The molecule has 0 heterocycles. The van der Waals surface area contributed by atoms with Gasteiger partial charge in [0.1, 0.15) is 5.82 Å². The van der Waals surface area contributed by atoms with Gasteiger partial charge in [0.05, 0.1) is 5.02 Å². The van der Waals surface area contributed by atoms with Crippen molar-refractivity contribution >= 4 is 11.6 Å². The lowest BCUT2D eigenvalue weighted by Crippen LogP contribution is -2.07. The van der Waals surface area contributed by atoms with Gasteiger partial charge in [0.2, 0.25) is 0 Å². The van der Waals surface area contributed by atoms with Gasteiger partial charge in [-0.05, 0) is 11.6 Å². The third kappa shape index (κ3) is 1.65. The van der Waals surface area contributed by atoms with Crippen LogP contribution in [0.5, 0.6) is 0 Å². The molecule has 0 saturated heterocycles. The average Bonchev–Trinajstić information content (AvgIpc) is 2.08. The summed E-state index contributed by atoms with van der Waals surface area (Å²) in [5.41, 5.74) is 6.16. The average molecular weight is 186 g/mol. The van der Waals surface area contributed by atoms with Crippen LogP contribution in [0.25, 0.3) is 0 Å². The monoisotopic (exact) mass is 185 g/mol. The Bertz CT molecular complexity index is 299. The fourth-order valence-corrected chi connectivity index (χ4v) is 1.16. The normalized spacial score (nSPS) is 12.6. The maximum atomic E-state index is 12.9. The number of benzene rings is 1. The molecule has 0 spiro atoms. The minimum absolute atomic E-state index is 0.0740. The summed E-state index contributed by atoms with van der Waals surface area (Å²) in [5, 5.41) is 0.0740. The number of hydrogen-bond donors (Lipinski definition) is 1. The first-order chi connectivity index (χ1) is 5.66. The zero-order valence-corrected chi connectivity index (χ0v) is 7.18. The smallest absolute Gasteiger partial charge is 0.142 e. The van der Waals surface area contributed by atoms with Crippen LogP contribution in [0.15, 0.2) is 30.9 Å². The highest BCUT2D eigenvalue weighted by atomic mass is 35.5. The van der Waals surface area contributed by atoms with Crippen molar-refractivity contribution in [3.63, 3.8) is 0 Å². The minimum Gasteiger partial charge on any atom is -0.321 e. The van der Waals surface area contributed by atoms with E-state index >= 15 is 0 Å². The molecule has 0 aliphatic heterocycles. The van der Waals surface area contributed by atoms with E-state index in [1.807, 2.05) is 0 Å². The molecule has 2 N–H and O–H groups in total. The molecule has 0 aliphatic rings. The fourth-order valence-electron chi connectivity index (χ4n) is 0.905. The topological polar surface area (TPSA) is 26.0 Å². The molecule has 3 heteroatoms. The summed E-state index contributed by atoms with van der Waals surface area (Å²) in [6, 6.07) is 4.13. The van der Waals surface area contributed by atoms with Crippen LogP contribution in [0, 0.1) is 5.82 Å². The largest absolute Gasteiger partial charge is 0.321 e. The zero-order chi connectivity index (χ0) is 9.14. The SMILES string of the molecule is C=C[C@@H](N)c1cccc(F)c1Cl. The highest BCUT2D eigenvalue weighted by Gasteiger charge is 2.09. The van der Waals surface area contributed by atoms with Crippen molar-refractivity contribution in [2.75, 3.05) is 0 Å². The molecule has 0 aromatic heterocycles. The highest BCUT2D eigenvalue weighted by molar-refractivity contribution is 6.31. The summed E-state index contributed by atoms with van der Waals surface area (Å²) in [6.45, 7) is 3.50. The zero-order valence-electron chi connectivity index (χ0n) is 6.43. The van der Waals surface area contributed by atoms with Gasteiger partial charge in [-0.2, -0.15) is 0 Å². The molecule has 0 radical (unpaired) electrons. The third-order valence-corrected chi connectivity index (χ3v) is 1.99. The van der Waals surface area contributed by atoms with Crippen molar-refractivity contribution in [2.24, 2.45) is 5.73 Å². The predicted octanol–water partition coefficient (Wildman–Crippen LogP) is 2.66. The van der Waals surface area contributed by atoms with E-state index in [0.717, 1.165) is 0 Å². The van der Waals surface area contributed by atoms with Gasteiger partial charge in [-0.15, -0.1) is 6.58 Å². The molecule has 1 nitrogen and oxygen atoms in total. The number of nitrogens with two attached hydrogens (primary N) is 1. The lowest BCUT2D eigenvalue weighted by molar-refractivity contribution is 0.624. The maximum Gasteiger partial charge on any atom is 0.142 e. The number of rotatable bonds is 2. The van der Waals surface area contributed by atoms with Crippen LogP contribution in [0.4, 0.5) is 4.39 Å². The van der Waals surface area contributed by atoms with Gasteiger partial charge < -0.3 is 5.73 Å². The van der Waals surface area contributed by atoms with Gasteiger partial charge in [-0.3, -0.25) is 0 Å². The Morgan fingerprint density at radius 1 is 1.58 bits per heavy atom. The summed E-state index contributed by atoms with van der Waals surface area (Å²) in [5.74, 6) is -0.452. The van der Waals surface area contributed by atoms with E-state index in [0.29, 0.717) is 5.56 Å². The van der Waals surface area contributed by atoms with E-state index in [4.69, 9.17) is 17.3 Å². The number of hydrogen-bond acceptors (Lipinski definition) is 1. The molecule has 1 aromatic carbocycles. The molecular weight excluding hydrogens is 177 g/mol. The van der Waals surface area contributed by atoms with Crippen molar-refractivity contribution in [1.82, 2.24) is 0 Å². The molecule has 64 valence electrons. The van der Waals surface area contributed by atoms with E-state index in [1.54, 1.807) is 12.1 Å². The molecule has 0 fully saturated rings. The van der Waals surface area contributed by atoms with Crippen LogP contribution >= 0.6 is 11.6 Å². The Labute approximate surface area is 75.6 Å². The van der Waals surface area contributed by atoms with E-state index in [1.165, 1.54) is 12.1 Å². The summed E-state index contributed by atoms with van der Waals surface area (Å²) >= 11 is 5.66. The van der Waals surface area contributed by atoms with Crippen LogP contribution in [0.1, 0.15) is 11.6 Å². The van der Waals surface area contributed by atoms with Crippen molar-refractivity contribution in [2.45, 2.75) is 6.04 Å². The first kappa shape index (κ1) is 9.23. The van der Waals surface area contributed by atoms with Gasteiger partial charge in [-0.25, -0.2) is 4.39 Å². The molecule has 0 saturated carbocycles. The Balaban J connectivity index is 3.15. The van der Waals surface area contributed by atoms with Crippen molar-refractivity contribution < 1.29 is 4.39 Å². The van der Waals surface area contributed by atoms with Crippen molar-refractivity contribution in [3.05, 3.63) is 47.3 Å². The van der Waals surface area contributed by atoms with Gasteiger partial charge in [0, 0.05) is 6.04 Å². The summed E-state index contributed by atoms with van der Waals surface area (Å²) < 4.78 is 12.9. The summed E-state index contributed by atoms with van der Waals surface area (Å²) in [4.78, 5) is 0. The molecule has 1 atom stereocenters. The van der Waals surface area contributed by atoms with Crippen LogP contribution in [-0.2, 0) is 0 Å². The van der Waals surface area contributed by atoms with Crippen LogP contribution in [-0.4, -0.2) is 0 Å². The molecule has 0 amide bonds. The van der Waals surface area contributed by atoms with E-state index in [9.17, 15) is 4.39 Å². The number of halogens is 2. The van der Waals surface area contributed by atoms with Gasteiger partial charge in [0.25, 0.3) is 0 Å². The Hall–Kier alpha value is -0.860. The lowest BCUT2D eigenvalue weighted by atomic mass is 10.1. The standard InChI is InChI=1S/C9H9ClFN/c1-2-8(12)6-4-3-5-7(11)9(6)10/h2-5,8H,1,12H2/t8-/m1/s1. The molecule has 0 unspecified atom stereocenters. The van der Waals surface area contributed by atoms with Crippen LogP contribution < -0.4 is 5.73 Å². The molecule has 0 aliphatic carbocycles. The van der Waals surface area contributed by atoms with E-state index in [2.05, 4.69) is 6.58 Å². The lowest BCUT2D eigenvalue weighted by Gasteiger charge is -2.08. The first-order valence-corrected chi connectivity index (χ1v) is 3.86. The summed E-state index contributed by atoms with van der Waals surface area (Å²) in [7, 11) is 0. The van der Waals surface area contributed by atoms with E-state index in [-0.39, 0.29) is 5.02 Å². The van der Waals surface area contributed by atoms with Crippen molar-refractivity contribution in [1.29, 1.82) is 0 Å². The Morgan fingerprint density at radius 2 is 2.25 bits per heavy atom. The third-order valence-electron chi connectivity index (χ3n) is 1.59. The van der Waals surface area contributed by atoms with Gasteiger partial charge >= 0.3 is 0 Å². The molecule has 12 heavy (non-hydrogen) atoms. The molecular formula is C9H9ClFN. The Morgan fingerprint density at radius 3 is 2.83 bits per heavy atom. The fraction of sp³-hybridized carbons (Fsp3) is 0.111. The van der Waals surface area contributed by atoms with Crippen LogP contribution in [0.2, 0.25) is 5.02 Å². The molecule has 1 aromatic rings.